The van der Waals surface area contributed by atoms with E-state index in [2.05, 4.69) is 5.32 Å². The van der Waals surface area contributed by atoms with Gasteiger partial charge in [0.1, 0.15) is 0 Å². The Bertz CT molecular complexity index is 428. The van der Waals surface area contributed by atoms with Gasteiger partial charge in [0.15, 0.2) is 0 Å². The molecule has 0 spiro atoms. The molecule has 0 aliphatic heterocycles. The van der Waals surface area contributed by atoms with E-state index in [9.17, 15) is 9.59 Å². The van der Waals surface area contributed by atoms with E-state index in [0.29, 0.717) is 16.3 Å². The second kappa shape index (κ2) is 5.54. The van der Waals surface area contributed by atoms with Crippen LogP contribution in [0.25, 0.3) is 0 Å². The highest BCUT2D eigenvalue weighted by atomic mass is 35.5. The monoisotopic (exact) mass is 256 g/mol. The van der Waals surface area contributed by atoms with Crippen molar-refractivity contribution in [3.8, 4) is 0 Å². The van der Waals surface area contributed by atoms with Crippen molar-refractivity contribution in [3.05, 3.63) is 28.8 Å². The third-order valence-corrected chi connectivity index (χ3v) is 2.26. The molecule has 5 nitrogen and oxygen atoms in total. The minimum absolute atomic E-state index is 0.137. The maximum absolute atomic E-state index is 11.7. The first kappa shape index (κ1) is 13.3. The van der Waals surface area contributed by atoms with Crippen molar-refractivity contribution in [2.45, 2.75) is 19.4 Å². The van der Waals surface area contributed by atoms with Gasteiger partial charge in [-0.2, -0.15) is 0 Å². The topological polar surface area (TPSA) is 92.4 Å². The molecule has 1 aromatic carbocycles. The van der Waals surface area contributed by atoms with Crippen LogP contribution in [0.5, 0.6) is 0 Å². The minimum atomic E-state index is -0.969. The Hall–Kier alpha value is -1.75. The summed E-state index contributed by atoms with van der Waals surface area (Å²) in [7, 11) is 0. The molecule has 0 fully saturated rings. The van der Waals surface area contributed by atoms with Crippen molar-refractivity contribution >= 4 is 29.2 Å². The fourth-order valence-corrected chi connectivity index (χ4v) is 1.61. The predicted octanol–water partition coefficient (Wildman–Crippen LogP) is 1.52. The number of carbonyl (C=O) groups is 2. The number of hydrogen-bond acceptors (Lipinski definition) is 3. The summed E-state index contributed by atoms with van der Waals surface area (Å²) in [5, 5.41) is 11.5. The molecule has 92 valence electrons. The van der Waals surface area contributed by atoms with Gasteiger partial charge in [-0.1, -0.05) is 11.6 Å². The van der Waals surface area contributed by atoms with Crippen molar-refractivity contribution < 1.29 is 14.7 Å². The van der Waals surface area contributed by atoms with Crippen molar-refractivity contribution in [3.63, 3.8) is 0 Å². The summed E-state index contributed by atoms with van der Waals surface area (Å²) in [6.07, 6.45) is -0.137. The lowest BCUT2D eigenvalue weighted by Crippen LogP contribution is -2.34. The standard InChI is InChI=1S/C11H13ClN2O3/c1-6(2-10(15)16)14-11(17)7-3-8(12)5-9(13)4-7/h3-6H,2,13H2,1H3,(H,14,17)(H,15,16). The van der Waals surface area contributed by atoms with Gasteiger partial charge in [0.2, 0.25) is 0 Å². The molecule has 0 bridgehead atoms. The molecule has 17 heavy (non-hydrogen) atoms. The molecule has 1 atom stereocenters. The lowest BCUT2D eigenvalue weighted by Gasteiger charge is -2.12. The number of amides is 1. The predicted molar refractivity (Wildman–Crippen MR) is 65.0 cm³/mol. The quantitative estimate of drug-likeness (QED) is 0.712. The first-order chi connectivity index (χ1) is 7.88. The molecule has 1 unspecified atom stereocenters. The maximum Gasteiger partial charge on any atom is 0.305 e. The van der Waals surface area contributed by atoms with Gasteiger partial charge >= 0.3 is 5.97 Å². The van der Waals surface area contributed by atoms with Gasteiger partial charge in [0.05, 0.1) is 6.42 Å². The number of aliphatic carboxylic acids is 1. The Balaban J connectivity index is 2.72. The second-order valence-electron chi connectivity index (χ2n) is 3.75. The lowest BCUT2D eigenvalue weighted by molar-refractivity contribution is -0.137. The molecule has 0 saturated carbocycles. The first-order valence-corrected chi connectivity index (χ1v) is 5.35. The Kier molecular flexibility index (Phi) is 4.34. The average Bonchev–Trinajstić information content (AvgIpc) is 2.14. The first-order valence-electron chi connectivity index (χ1n) is 4.97. The zero-order valence-corrected chi connectivity index (χ0v) is 9.99. The zero-order chi connectivity index (χ0) is 13.0. The molecule has 4 N–H and O–H groups in total. The van der Waals surface area contributed by atoms with Gasteiger partial charge < -0.3 is 16.2 Å². The smallest absolute Gasteiger partial charge is 0.305 e. The molecule has 1 rings (SSSR count). The molecule has 0 heterocycles. The van der Waals surface area contributed by atoms with Gasteiger partial charge in [0, 0.05) is 22.3 Å². The summed E-state index contributed by atoms with van der Waals surface area (Å²) in [6.45, 7) is 1.61. The molecule has 0 aromatic heterocycles. The number of hydrogen-bond donors (Lipinski definition) is 3. The van der Waals surface area contributed by atoms with Crippen LogP contribution in [0.15, 0.2) is 18.2 Å². The number of anilines is 1. The Morgan fingerprint density at radius 1 is 1.47 bits per heavy atom. The Morgan fingerprint density at radius 2 is 2.12 bits per heavy atom. The number of nitrogen functional groups attached to an aromatic ring is 1. The van der Waals surface area contributed by atoms with Gasteiger partial charge in [-0.05, 0) is 25.1 Å². The van der Waals surface area contributed by atoms with E-state index in [4.69, 9.17) is 22.4 Å². The number of halogens is 1. The molecule has 0 aliphatic carbocycles. The Morgan fingerprint density at radius 3 is 2.65 bits per heavy atom. The lowest BCUT2D eigenvalue weighted by atomic mass is 10.1. The van der Waals surface area contributed by atoms with E-state index in [1.54, 1.807) is 6.92 Å². The number of carboxylic acids is 1. The Labute approximate surface area is 104 Å². The third kappa shape index (κ3) is 4.32. The summed E-state index contributed by atoms with van der Waals surface area (Å²) >= 11 is 5.76. The van der Waals surface area contributed by atoms with Crippen LogP contribution in [0, 0.1) is 0 Å². The van der Waals surface area contributed by atoms with E-state index < -0.39 is 17.9 Å². The fourth-order valence-electron chi connectivity index (χ4n) is 1.36. The van der Waals surface area contributed by atoms with E-state index >= 15 is 0 Å². The fraction of sp³-hybridized carbons (Fsp3) is 0.273. The number of nitrogens with two attached hydrogens (primary N) is 1. The average molecular weight is 257 g/mol. The molecule has 1 aromatic rings. The van der Waals surface area contributed by atoms with Gasteiger partial charge in [0.25, 0.3) is 5.91 Å². The molecule has 0 radical (unpaired) electrons. The van der Waals surface area contributed by atoms with Crippen LogP contribution < -0.4 is 11.1 Å². The summed E-state index contributed by atoms with van der Waals surface area (Å²) in [5.41, 5.74) is 6.25. The summed E-state index contributed by atoms with van der Waals surface area (Å²) in [4.78, 5) is 22.2. The molecular weight excluding hydrogens is 244 g/mol. The zero-order valence-electron chi connectivity index (χ0n) is 9.24. The number of benzene rings is 1. The van der Waals surface area contributed by atoms with Crippen molar-refractivity contribution in [1.29, 1.82) is 0 Å². The number of carboxylic acid groups (broad SMARTS) is 1. The SMILES string of the molecule is CC(CC(=O)O)NC(=O)c1cc(N)cc(Cl)c1. The van der Waals surface area contributed by atoms with Crippen LogP contribution in [-0.4, -0.2) is 23.0 Å². The maximum atomic E-state index is 11.7. The summed E-state index contributed by atoms with van der Waals surface area (Å²) in [5.74, 6) is -1.36. The van der Waals surface area contributed by atoms with Gasteiger partial charge in [-0.25, -0.2) is 0 Å². The summed E-state index contributed by atoms with van der Waals surface area (Å²) in [6, 6.07) is 4.02. The van der Waals surface area contributed by atoms with Crippen LogP contribution in [0.1, 0.15) is 23.7 Å². The molecular formula is C11H13ClN2O3. The van der Waals surface area contributed by atoms with Crippen molar-refractivity contribution in [1.82, 2.24) is 5.32 Å². The molecule has 1 amide bonds. The van der Waals surface area contributed by atoms with E-state index in [1.165, 1.54) is 18.2 Å². The van der Waals surface area contributed by atoms with Crippen LogP contribution in [-0.2, 0) is 4.79 Å². The highest BCUT2D eigenvalue weighted by Crippen LogP contribution is 2.16. The second-order valence-corrected chi connectivity index (χ2v) is 4.18. The van der Waals surface area contributed by atoms with Crippen molar-refractivity contribution in [2.75, 3.05) is 5.73 Å². The van der Waals surface area contributed by atoms with E-state index in [-0.39, 0.29) is 6.42 Å². The van der Waals surface area contributed by atoms with Crippen LogP contribution >= 0.6 is 11.6 Å². The number of nitrogens with one attached hydrogen (secondary N) is 1. The van der Waals surface area contributed by atoms with Gasteiger partial charge in [-0.3, -0.25) is 9.59 Å². The highest BCUT2D eigenvalue weighted by Gasteiger charge is 2.13. The highest BCUT2D eigenvalue weighted by molar-refractivity contribution is 6.31. The normalized spacial score (nSPS) is 11.9. The number of carbonyl (C=O) groups excluding carboxylic acids is 1. The largest absolute Gasteiger partial charge is 0.481 e. The summed E-state index contributed by atoms with van der Waals surface area (Å²) < 4.78 is 0. The van der Waals surface area contributed by atoms with Crippen LogP contribution in [0.3, 0.4) is 0 Å². The van der Waals surface area contributed by atoms with Crippen LogP contribution in [0.2, 0.25) is 5.02 Å². The third-order valence-electron chi connectivity index (χ3n) is 2.04. The molecule has 0 saturated heterocycles. The molecule has 0 aliphatic rings. The number of rotatable bonds is 4. The molecule has 6 heteroatoms. The van der Waals surface area contributed by atoms with Crippen molar-refractivity contribution in [2.24, 2.45) is 0 Å². The van der Waals surface area contributed by atoms with E-state index in [1.807, 2.05) is 0 Å². The van der Waals surface area contributed by atoms with E-state index in [0.717, 1.165) is 0 Å². The minimum Gasteiger partial charge on any atom is -0.481 e. The van der Waals surface area contributed by atoms with Gasteiger partial charge in [-0.15, -0.1) is 0 Å². The van der Waals surface area contributed by atoms with Crippen LogP contribution in [0.4, 0.5) is 5.69 Å².